The Hall–Kier alpha value is -1.06. The smallest absolute Gasteiger partial charge is 0.236 e. The van der Waals surface area contributed by atoms with Crippen LogP contribution in [0.4, 0.5) is 0 Å². The number of hydrogen-bond acceptors (Lipinski definition) is 2. The van der Waals surface area contributed by atoms with Crippen LogP contribution in [0, 0.1) is 0 Å². The lowest BCUT2D eigenvalue weighted by atomic mass is 10.2. The van der Waals surface area contributed by atoms with Crippen LogP contribution in [0.2, 0.25) is 5.02 Å². The van der Waals surface area contributed by atoms with E-state index in [-0.39, 0.29) is 5.91 Å². The molecule has 0 bridgehead atoms. The van der Waals surface area contributed by atoms with E-state index in [0.717, 1.165) is 17.1 Å². The first kappa shape index (κ1) is 13.0. The Kier molecular flexibility index (Phi) is 5.29. The van der Waals surface area contributed by atoms with E-state index >= 15 is 0 Å². The molecule has 0 aliphatic rings. The first-order chi connectivity index (χ1) is 7.63. The van der Waals surface area contributed by atoms with Crippen LogP contribution in [0.1, 0.15) is 12.5 Å². The number of amides is 1. The van der Waals surface area contributed by atoms with Gasteiger partial charge in [0.2, 0.25) is 5.91 Å². The van der Waals surface area contributed by atoms with Crippen molar-refractivity contribution in [2.24, 2.45) is 0 Å². The lowest BCUT2D eigenvalue weighted by Crippen LogP contribution is -2.35. The molecule has 0 spiro atoms. The Morgan fingerprint density at radius 2 is 2.00 bits per heavy atom. The van der Waals surface area contributed by atoms with E-state index in [2.05, 4.69) is 5.32 Å². The Balaban J connectivity index is 2.30. The molecular weight excluding hydrogens is 224 g/mol. The van der Waals surface area contributed by atoms with E-state index in [0.29, 0.717) is 13.1 Å². The SMILES string of the molecule is CCN(C)C(=O)CNCc1ccc(Cl)cc1. The largest absolute Gasteiger partial charge is 0.345 e. The van der Waals surface area contributed by atoms with Crippen molar-refractivity contribution in [1.29, 1.82) is 0 Å². The van der Waals surface area contributed by atoms with Gasteiger partial charge in [0.15, 0.2) is 0 Å². The molecular formula is C12H17ClN2O. The number of rotatable bonds is 5. The second kappa shape index (κ2) is 6.51. The summed E-state index contributed by atoms with van der Waals surface area (Å²) in [4.78, 5) is 13.2. The summed E-state index contributed by atoms with van der Waals surface area (Å²) in [6.07, 6.45) is 0. The first-order valence-corrected chi connectivity index (χ1v) is 5.70. The van der Waals surface area contributed by atoms with Crippen molar-refractivity contribution < 1.29 is 4.79 Å². The molecule has 0 unspecified atom stereocenters. The summed E-state index contributed by atoms with van der Waals surface area (Å²) in [6.45, 7) is 3.74. The van der Waals surface area contributed by atoms with E-state index in [9.17, 15) is 4.79 Å². The maximum absolute atomic E-state index is 11.5. The molecule has 0 saturated heterocycles. The Labute approximate surface area is 101 Å². The minimum atomic E-state index is 0.108. The Morgan fingerprint density at radius 3 is 2.56 bits per heavy atom. The zero-order chi connectivity index (χ0) is 12.0. The molecule has 16 heavy (non-hydrogen) atoms. The zero-order valence-electron chi connectivity index (χ0n) is 9.66. The quantitative estimate of drug-likeness (QED) is 0.853. The van der Waals surface area contributed by atoms with E-state index < -0.39 is 0 Å². The van der Waals surface area contributed by atoms with Gasteiger partial charge in [-0.05, 0) is 24.6 Å². The third-order valence-electron chi connectivity index (χ3n) is 2.42. The fourth-order valence-corrected chi connectivity index (χ4v) is 1.35. The standard InChI is InChI=1S/C12H17ClN2O/c1-3-15(2)12(16)9-14-8-10-4-6-11(13)7-5-10/h4-7,14H,3,8-9H2,1-2H3. The average Bonchev–Trinajstić information content (AvgIpc) is 2.30. The normalized spacial score (nSPS) is 10.2. The summed E-state index contributed by atoms with van der Waals surface area (Å²) in [7, 11) is 1.80. The molecule has 0 radical (unpaired) electrons. The summed E-state index contributed by atoms with van der Waals surface area (Å²) >= 11 is 5.78. The molecule has 0 fully saturated rings. The molecule has 0 aliphatic heterocycles. The van der Waals surface area contributed by atoms with Crippen LogP contribution in [0.25, 0.3) is 0 Å². The number of benzene rings is 1. The van der Waals surface area contributed by atoms with Crippen LogP contribution in [0.15, 0.2) is 24.3 Å². The number of nitrogens with zero attached hydrogens (tertiary/aromatic N) is 1. The molecule has 1 aromatic rings. The van der Waals surface area contributed by atoms with Crippen LogP contribution < -0.4 is 5.32 Å². The monoisotopic (exact) mass is 240 g/mol. The van der Waals surface area contributed by atoms with Gasteiger partial charge in [-0.1, -0.05) is 23.7 Å². The van der Waals surface area contributed by atoms with Crippen molar-refractivity contribution in [1.82, 2.24) is 10.2 Å². The van der Waals surface area contributed by atoms with Gasteiger partial charge < -0.3 is 10.2 Å². The minimum Gasteiger partial charge on any atom is -0.345 e. The lowest BCUT2D eigenvalue weighted by Gasteiger charge is -2.14. The summed E-state index contributed by atoms with van der Waals surface area (Å²) in [5, 5.41) is 3.83. The molecule has 0 heterocycles. The molecule has 0 aliphatic carbocycles. The van der Waals surface area contributed by atoms with E-state index in [1.165, 1.54) is 0 Å². The molecule has 0 saturated carbocycles. The lowest BCUT2D eigenvalue weighted by molar-refractivity contribution is -0.128. The van der Waals surface area contributed by atoms with E-state index in [1.54, 1.807) is 11.9 Å². The summed E-state index contributed by atoms with van der Waals surface area (Å²) < 4.78 is 0. The van der Waals surface area contributed by atoms with E-state index in [4.69, 9.17) is 11.6 Å². The van der Waals surface area contributed by atoms with E-state index in [1.807, 2.05) is 31.2 Å². The van der Waals surface area contributed by atoms with Gasteiger partial charge in [0.25, 0.3) is 0 Å². The van der Waals surface area contributed by atoms with Crippen molar-refractivity contribution in [3.63, 3.8) is 0 Å². The molecule has 88 valence electrons. The van der Waals surface area contributed by atoms with Crippen molar-refractivity contribution in [3.05, 3.63) is 34.9 Å². The molecule has 3 nitrogen and oxygen atoms in total. The topological polar surface area (TPSA) is 32.3 Å². The predicted molar refractivity (Wildman–Crippen MR) is 66.5 cm³/mol. The first-order valence-electron chi connectivity index (χ1n) is 5.32. The van der Waals surface area contributed by atoms with Gasteiger partial charge >= 0.3 is 0 Å². The number of carbonyl (C=O) groups is 1. The van der Waals surface area contributed by atoms with Crippen LogP contribution in [-0.2, 0) is 11.3 Å². The number of carbonyl (C=O) groups excluding carboxylic acids is 1. The second-order valence-electron chi connectivity index (χ2n) is 3.64. The van der Waals surface area contributed by atoms with Gasteiger partial charge in [0, 0.05) is 25.2 Å². The molecule has 1 N–H and O–H groups in total. The molecule has 0 aromatic heterocycles. The summed E-state index contributed by atoms with van der Waals surface area (Å²) in [5.74, 6) is 0.108. The van der Waals surface area contributed by atoms with Crippen molar-refractivity contribution in [2.75, 3.05) is 20.1 Å². The molecule has 1 aromatic carbocycles. The van der Waals surface area contributed by atoms with Crippen molar-refractivity contribution >= 4 is 17.5 Å². The summed E-state index contributed by atoms with van der Waals surface area (Å²) in [6, 6.07) is 7.59. The van der Waals surface area contributed by atoms with Crippen LogP contribution >= 0.6 is 11.6 Å². The van der Waals surface area contributed by atoms with Crippen molar-refractivity contribution in [2.45, 2.75) is 13.5 Å². The highest BCUT2D eigenvalue weighted by Crippen LogP contribution is 2.08. The Morgan fingerprint density at radius 1 is 1.38 bits per heavy atom. The van der Waals surface area contributed by atoms with Gasteiger partial charge in [-0.25, -0.2) is 0 Å². The van der Waals surface area contributed by atoms with Crippen molar-refractivity contribution in [3.8, 4) is 0 Å². The zero-order valence-corrected chi connectivity index (χ0v) is 10.4. The highest BCUT2D eigenvalue weighted by Gasteiger charge is 2.04. The highest BCUT2D eigenvalue weighted by molar-refractivity contribution is 6.30. The molecule has 1 rings (SSSR count). The molecule has 1 amide bonds. The van der Waals surface area contributed by atoms with Gasteiger partial charge in [0.1, 0.15) is 0 Å². The third kappa shape index (κ3) is 4.21. The maximum atomic E-state index is 11.5. The minimum absolute atomic E-state index is 0.108. The number of likely N-dealkylation sites (N-methyl/N-ethyl adjacent to an activating group) is 1. The predicted octanol–water partition coefficient (Wildman–Crippen LogP) is 1.91. The molecule has 0 atom stereocenters. The number of nitrogens with one attached hydrogen (secondary N) is 1. The fraction of sp³-hybridized carbons (Fsp3) is 0.417. The molecule has 4 heteroatoms. The van der Waals surface area contributed by atoms with Crippen LogP contribution in [0.3, 0.4) is 0 Å². The Bertz CT molecular complexity index is 337. The fourth-order valence-electron chi connectivity index (χ4n) is 1.23. The second-order valence-corrected chi connectivity index (χ2v) is 4.07. The van der Waals surface area contributed by atoms with Gasteiger partial charge in [-0.15, -0.1) is 0 Å². The van der Waals surface area contributed by atoms with Gasteiger partial charge in [-0.2, -0.15) is 0 Å². The van der Waals surface area contributed by atoms with Crippen LogP contribution in [-0.4, -0.2) is 30.9 Å². The summed E-state index contributed by atoms with van der Waals surface area (Å²) in [5.41, 5.74) is 1.12. The third-order valence-corrected chi connectivity index (χ3v) is 2.67. The van der Waals surface area contributed by atoms with Gasteiger partial charge in [-0.3, -0.25) is 4.79 Å². The maximum Gasteiger partial charge on any atom is 0.236 e. The number of halogens is 1. The van der Waals surface area contributed by atoms with Crippen LogP contribution in [0.5, 0.6) is 0 Å². The van der Waals surface area contributed by atoms with Gasteiger partial charge in [0.05, 0.1) is 6.54 Å². The highest BCUT2D eigenvalue weighted by atomic mass is 35.5. The number of hydrogen-bond donors (Lipinski definition) is 1. The average molecular weight is 241 g/mol.